The summed E-state index contributed by atoms with van der Waals surface area (Å²) >= 11 is 0. The van der Waals surface area contributed by atoms with Gasteiger partial charge in [0.1, 0.15) is 17.4 Å². The molecule has 0 aliphatic heterocycles. The van der Waals surface area contributed by atoms with Crippen molar-refractivity contribution in [3.8, 4) is 11.6 Å². The number of carbonyl (C=O) groups is 1. The molecule has 1 saturated carbocycles. The van der Waals surface area contributed by atoms with Crippen molar-refractivity contribution in [3.05, 3.63) is 36.4 Å². The SMILES string of the molecule is O=C(O)C1(c2coc(-c3ccccn3)n2)CC1. The van der Waals surface area contributed by atoms with E-state index in [-0.39, 0.29) is 0 Å². The molecule has 17 heavy (non-hydrogen) atoms. The summed E-state index contributed by atoms with van der Waals surface area (Å²) in [6, 6.07) is 5.40. The van der Waals surface area contributed by atoms with Gasteiger partial charge >= 0.3 is 5.97 Å². The van der Waals surface area contributed by atoms with Crippen LogP contribution >= 0.6 is 0 Å². The molecule has 0 aromatic carbocycles. The molecule has 2 heterocycles. The van der Waals surface area contributed by atoms with Gasteiger partial charge < -0.3 is 9.52 Å². The van der Waals surface area contributed by atoms with Gasteiger partial charge in [0, 0.05) is 6.20 Å². The average Bonchev–Trinajstić information content (AvgIpc) is 3.02. The third-order valence-electron chi connectivity index (χ3n) is 3.04. The van der Waals surface area contributed by atoms with Crippen molar-refractivity contribution in [2.75, 3.05) is 0 Å². The molecule has 2 aromatic heterocycles. The molecule has 1 N–H and O–H groups in total. The van der Waals surface area contributed by atoms with E-state index in [9.17, 15) is 4.79 Å². The molecule has 0 unspecified atom stereocenters. The van der Waals surface area contributed by atoms with Gasteiger partial charge in [0.15, 0.2) is 0 Å². The summed E-state index contributed by atoms with van der Waals surface area (Å²) in [7, 11) is 0. The predicted molar refractivity (Wildman–Crippen MR) is 58.3 cm³/mol. The van der Waals surface area contributed by atoms with Crippen molar-refractivity contribution in [3.63, 3.8) is 0 Å². The number of hydrogen-bond donors (Lipinski definition) is 1. The molecule has 1 fully saturated rings. The number of pyridine rings is 1. The van der Waals surface area contributed by atoms with Crippen LogP contribution in [-0.4, -0.2) is 21.0 Å². The Kier molecular flexibility index (Phi) is 2.01. The molecule has 1 aliphatic rings. The van der Waals surface area contributed by atoms with E-state index >= 15 is 0 Å². The zero-order valence-corrected chi connectivity index (χ0v) is 8.96. The minimum atomic E-state index is -0.835. The smallest absolute Gasteiger partial charge is 0.315 e. The van der Waals surface area contributed by atoms with Crippen LogP contribution in [0.3, 0.4) is 0 Å². The van der Waals surface area contributed by atoms with E-state index in [0.717, 1.165) is 0 Å². The van der Waals surface area contributed by atoms with E-state index in [0.29, 0.717) is 30.1 Å². The lowest BCUT2D eigenvalue weighted by Gasteiger charge is -2.02. The van der Waals surface area contributed by atoms with Gasteiger partial charge in [-0.15, -0.1) is 0 Å². The lowest BCUT2D eigenvalue weighted by atomic mass is 10.0. The van der Waals surface area contributed by atoms with Crippen LogP contribution < -0.4 is 0 Å². The van der Waals surface area contributed by atoms with Gasteiger partial charge in [-0.3, -0.25) is 9.78 Å². The lowest BCUT2D eigenvalue weighted by Crippen LogP contribution is -2.19. The van der Waals surface area contributed by atoms with Gasteiger partial charge in [-0.1, -0.05) is 6.07 Å². The van der Waals surface area contributed by atoms with Crippen LogP contribution in [0.4, 0.5) is 0 Å². The topological polar surface area (TPSA) is 76.2 Å². The minimum Gasteiger partial charge on any atom is -0.481 e. The molecule has 0 spiro atoms. The van der Waals surface area contributed by atoms with E-state index in [4.69, 9.17) is 9.52 Å². The molecule has 0 saturated heterocycles. The van der Waals surface area contributed by atoms with Crippen molar-refractivity contribution >= 4 is 5.97 Å². The fourth-order valence-corrected chi connectivity index (χ4v) is 1.81. The average molecular weight is 230 g/mol. The summed E-state index contributed by atoms with van der Waals surface area (Å²) in [5, 5.41) is 9.14. The monoisotopic (exact) mass is 230 g/mol. The van der Waals surface area contributed by atoms with Crippen LogP contribution in [0.5, 0.6) is 0 Å². The van der Waals surface area contributed by atoms with Crippen LogP contribution in [0.2, 0.25) is 0 Å². The first kappa shape index (κ1) is 10.0. The van der Waals surface area contributed by atoms with Crippen LogP contribution in [0, 0.1) is 0 Å². The largest absolute Gasteiger partial charge is 0.481 e. The number of oxazole rings is 1. The van der Waals surface area contributed by atoms with Crippen molar-refractivity contribution in [2.45, 2.75) is 18.3 Å². The third kappa shape index (κ3) is 1.51. The molecule has 0 bridgehead atoms. The summed E-state index contributed by atoms with van der Waals surface area (Å²) < 4.78 is 5.29. The van der Waals surface area contributed by atoms with Crippen molar-refractivity contribution in [1.29, 1.82) is 0 Å². The maximum atomic E-state index is 11.1. The quantitative estimate of drug-likeness (QED) is 0.870. The number of carboxylic acids is 1. The van der Waals surface area contributed by atoms with E-state index in [1.54, 1.807) is 18.3 Å². The lowest BCUT2D eigenvalue weighted by molar-refractivity contribution is -0.140. The molecule has 0 radical (unpaired) electrons. The highest BCUT2D eigenvalue weighted by molar-refractivity contribution is 5.84. The van der Waals surface area contributed by atoms with Crippen molar-refractivity contribution in [1.82, 2.24) is 9.97 Å². The molecule has 3 rings (SSSR count). The fourth-order valence-electron chi connectivity index (χ4n) is 1.81. The molecule has 5 heteroatoms. The number of hydrogen-bond acceptors (Lipinski definition) is 4. The summed E-state index contributed by atoms with van der Waals surface area (Å²) in [6.45, 7) is 0. The summed E-state index contributed by atoms with van der Waals surface area (Å²) in [5.74, 6) is -0.466. The first-order chi connectivity index (χ1) is 8.22. The Morgan fingerprint density at radius 3 is 2.82 bits per heavy atom. The van der Waals surface area contributed by atoms with Gasteiger partial charge in [-0.05, 0) is 25.0 Å². The standard InChI is InChI=1S/C12H10N2O3/c15-11(16)12(4-5-12)9-7-17-10(14-9)8-3-1-2-6-13-8/h1-3,6-7H,4-5H2,(H,15,16). The van der Waals surface area contributed by atoms with Crippen LogP contribution in [-0.2, 0) is 10.2 Å². The molecule has 5 nitrogen and oxygen atoms in total. The second-order valence-corrected chi connectivity index (χ2v) is 4.14. The number of nitrogens with zero attached hydrogens (tertiary/aromatic N) is 2. The number of carboxylic acid groups (broad SMARTS) is 1. The van der Waals surface area contributed by atoms with Crippen LogP contribution in [0.25, 0.3) is 11.6 Å². The Morgan fingerprint density at radius 1 is 1.41 bits per heavy atom. The van der Waals surface area contributed by atoms with Gasteiger partial charge in [0.2, 0.25) is 5.89 Å². The Bertz CT molecular complexity index is 558. The zero-order valence-electron chi connectivity index (χ0n) is 8.96. The number of aliphatic carboxylic acids is 1. The van der Waals surface area contributed by atoms with E-state index < -0.39 is 11.4 Å². The summed E-state index contributed by atoms with van der Waals surface area (Å²) in [5.41, 5.74) is 0.280. The molecule has 1 aliphatic carbocycles. The second-order valence-electron chi connectivity index (χ2n) is 4.14. The predicted octanol–water partition coefficient (Wildman–Crippen LogP) is 1.85. The maximum absolute atomic E-state index is 11.1. The Labute approximate surface area is 97.1 Å². The third-order valence-corrected chi connectivity index (χ3v) is 3.04. The van der Waals surface area contributed by atoms with Gasteiger partial charge in [-0.2, -0.15) is 0 Å². The second kappa shape index (κ2) is 3.41. The molecule has 0 amide bonds. The highest BCUT2D eigenvalue weighted by Gasteiger charge is 2.54. The van der Waals surface area contributed by atoms with Crippen LogP contribution in [0.15, 0.2) is 35.1 Å². The number of rotatable bonds is 3. The molecule has 0 atom stereocenters. The zero-order chi connectivity index (χ0) is 11.9. The molecule has 2 aromatic rings. The Balaban J connectivity index is 1.97. The minimum absolute atomic E-state index is 0.369. The van der Waals surface area contributed by atoms with E-state index in [1.165, 1.54) is 6.26 Å². The first-order valence-corrected chi connectivity index (χ1v) is 5.33. The van der Waals surface area contributed by atoms with Gasteiger partial charge in [0.05, 0.1) is 5.69 Å². The molecular formula is C12H10N2O3. The highest BCUT2D eigenvalue weighted by atomic mass is 16.4. The normalized spacial score (nSPS) is 16.7. The van der Waals surface area contributed by atoms with Crippen molar-refractivity contribution in [2.24, 2.45) is 0 Å². The number of aromatic nitrogens is 2. The summed E-state index contributed by atoms with van der Waals surface area (Å²) in [4.78, 5) is 19.5. The van der Waals surface area contributed by atoms with E-state index in [1.807, 2.05) is 6.07 Å². The van der Waals surface area contributed by atoms with Crippen molar-refractivity contribution < 1.29 is 14.3 Å². The molecular weight excluding hydrogens is 220 g/mol. The maximum Gasteiger partial charge on any atom is 0.315 e. The Hall–Kier alpha value is -2.17. The fraction of sp³-hybridized carbons (Fsp3) is 0.250. The highest BCUT2D eigenvalue weighted by Crippen LogP contribution is 2.48. The van der Waals surface area contributed by atoms with Gasteiger partial charge in [0.25, 0.3) is 0 Å². The Morgan fingerprint density at radius 2 is 2.24 bits per heavy atom. The molecule has 86 valence electrons. The summed E-state index contributed by atoms with van der Waals surface area (Å²) in [6.07, 6.45) is 4.31. The van der Waals surface area contributed by atoms with Gasteiger partial charge in [-0.25, -0.2) is 4.98 Å². The first-order valence-electron chi connectivity index (χ1n) is 5.33. The van der Waals surface area contributed by atoms with E-state index in [2.05, 4.69) is 9.97 Å². The van der Waals surface area contributed by atoms with Crippen LogP contribution in [0.1, 0.15) is 18.5 Å².